The topological polar surface area (TPSA) is 153 Å². The van der Waals surface area contributed by atoms with Crippen molar-refractivity contribution in [2.75, 3.05) is 63.9 Å². The maximum atomic E-state index is 13.8. The number of benzene rings is 1. The van der Waals surface area contributed by atoms with Crippen LogP contribution in [0, 0.1) is 5.92 Å². The molecule has 4 heterocycles. The van der Waals surface area contributed by atoms with E-state index in [1.54, 1.807) is 15.9 Å². The molecular formula is C36H48N6O7. The molecule has 264 valence electrons. The Labute approximate surface area is 287 Å². The maximum Gasteiger partial charge on any atom is 0.409 e. The van der Waals surface area contributed by atoms with Crippen molar-refractivity contribution in [1.82, 2.24) is 25.0 Å². The molecule has 3 aliphatic heterocycles. The first-order valence-electron chi connectivity index (χ1n) is 17.6. The van der Waals surface area contributed by atoms with Crippen LogP contribution in [0.3, 0.4) is 0 Å². The predicted molar refractivity (Wildman–Crippen MR) is 183 cm³/mol. The number of anilines is 1. The molecule has 2 atom stereocenters. The van der Waals surface area contributed by atoms with Gasteiger partial charge in [-0.05, 0) is 44.2 Å². The van der Waals surface area contributed by atoms with Crippen LogP contribution in [0.15, 0.2) is 42.5 Å². The van der Waals surface area contributed by atoms with E-state index in [1.807, 2.05) is 41.3 Å². The summed E-state index contributed by atoms with van der Waals surface area (Å²) in [6.45, 7) is 6.24. The number of aliphatic carboxylic acids is 1. The van der Waals surface area contributed by atoms with E-state index in [1.165, 1.54) is 0 Å². The van der Waals surface area contributed by atoms with E-state index in [0.717, 1.165) is 62.9 Å². The number of carbonyl (C=O) groups excluding carboxylic acids is 4. The van der Waals surface area contributed by atoms with Crippen molar-refractivity contribution in [1.29, 1.82) is 0 Å². The number of hydrogen-bond acceptors (Lipinski definition) is 8. The molecule has 13 nitrogen and oxygen atoms in total. The summed E-state index contributed by atoms with van der Waals surface area (Å²) in [5.74, 6) is -2.03. The van der Waals surface area contributed by atoms with Crippen molar-refractivity contribution in [3.63, 3.8) is 0 Å². The molecule has 1 aromatic heterocycles. The number of ether oxygens (including phenoxy) is 1. The van der Waals surface area contributed by atoms with Crippen LogP contribution in [-0.4, -0.2) is 120 Å². The van der Waals surface area contributed by atoms with E-state index < -0.39 is 29.9 Å². The molecule has 0 spiro atoms. The van der Waals surface area contributed by atoms with Gasteiger partial charge in [-0.3, -0.25) is 19.2 Å². The average Bonchev–Trinajstić information content (AvgIpc) is 3.85. The number of nitrogens with zero attached hydrogens (tertiary/aromatic N) is 5. The fourth-order valence-electron chi connectivity index (χ4n) is 6.65. The Bertz CT molecular complexity index is 1470. The predicted octanol–water partition coefficient (Wildman–Crippen LogP) is 3.63. The maximum absolute atomic E-state index is 13.8. The number of rotatable bonds is 13. The molecule has 3 saturated heterocycles. The number of carboxylic acids is 1. The van der Waals surface area contributed by atoms with Gasteiger partial charge in [-0.2, -0.15) is 0 Å². The van der Waals surface area contributed by atoms with Crippen LogP contribution in [0.2, 0.25) is 0 Å². The van der Waals surface area contributed by atoms with Gasteiger partial charge in [0.2, 0.25) is 11.8 Å². The van der Waals surface area contributed by atoms with Gasteiger partial charge in [-0.25, -0.2) is 9.78 Å². The van der Waals surface area contributed by atoms with E-state index in [9.17, 15) is 29.1 Å². The molecule has 3 fully saturated rings. The number of amides is 4. The van der Waals surface area contributed by atoms with E-state index in [2.05, 4.69) is 22.1 Å². The highest BCUT2D eigenvalue weighted by Crippen LogP contribution is 2.30. The number of piperazine rings is 1. The average molecular weight is 677 g/mol. The van der Waals surface area contributed by atoms with Crippen molar-refractivity contribution < 1.29 is 33.8 Å². The van der Waals surface area contributed by atoms with Gasteiger partial charge in [0.1, 0.15) is 11.7 Å². The van der Waals surface area contributed by atoms with Gasteiger partial charge in [0.15, 0.2) is 0 Å². The molecule has 4 amide bonds. The van der Waals surface area contributed by atoms with Gasteiger partial charge in [0.25, 0.3) is 5.91 Å². The van der Waals surface area contributed by atoms with Gasteiger partial charge in [0.05, 0.1) is 18.2 Å². The number of hydrogen-bond donors (Lipinski definition) is 2. The quantitative estimate of drug-likeness (QED) is 0.303. The van der Waals surface area contributed by atoms with Crippen LogP contribution in [0.1, 0.15) is 68.8 Å². The van der Waals surface area contributed by atoms with Crippen molar-refractivity contribution in [3.8, 4) is 11.3 Å². The summed E-state index contributed by atoms with van der Waals surface area (Å²) in [4.78, 5) is 76.5. The summed E-state index contributed by atoms with van der Waals surface area (Å²) in [7, 11) is 0. The highest BCUT2D eigenvalue weighted by Gasteiger charge is 2.34. The SMILES string of the molecule is CCCCCOC(=O)N1CCN(C(=O)[C@H](CCC(=O)O)NC(=O)c2cc(N3CC[C@@H](C(=O)N4CCCC4)C3)cc(-c3ccccc3)n2)CC1. The molecule has 3 aliphatic rings. The van der Waals surface area contributed by atoms with E-state index in [0.29, 0.717) is 25.4 Å². The van der Waals surface area contributed by atoms with Gasteiger partial charge < -0.3 is 34.8 Å². The molecule has 0 bridgehead atoms. The zero-order chi connectivity index (χ0) is 34.8. The summed E-state index contributed by atoms with van der Waals surface area (Å²) >= 11 is 0. The number of likely N-dealkylation sites (tertiary alicyclic amines) is 1. The number of pyridine rings is 1. The van der Waals surface area contributed by atoms with Crippen LogP contribution in [0.4, 0.5) is 10.5 Å². The Balaban J connectivity index is 1.29. The summed E-state index contributed by atoms with van der Waals surface area (Å²) in [6.07, 6.45) is 4.75. The second-order valence-electron chi connectivity index (χ2n) is 13.0. The first kappa shape index (κ1) is 35.6. The van der Waals surface area contributed by atoms with Gasteiger partial charge >= 0.3 is 12.1 Å². The van der Waals surface area contributed by atoms with Crippen LogP contribution in [0.25, 0.3) is 11.3 Å². The molecule has 1 aromatic carbocycles. The highest BCUT2D eigenvalue weighted by atomic mass is 16.6. The van der Waals surface area contributed by atoms with Crippen LogP contribution in [0.5, 0.6) is 0 Å². The third-order valence-corrected chi connectivity index (χ3v) is 9.51. The monoisotopic (exact) mass is 676 g/mol. The molecule has 0 unspecified atom stereocenters. The second-order valence-corrected chi connectivity index (χ2v) is 13.0. The summed E-state index contributed by atoms with van der Waals surface area (Å²) < 4.78 is 5.35. The molecule has 49 heavy (non-hydrogen) atoms. The molecule has 0 aliphatic carbocycles. The van der Waals surface area contributed by atoms with Crippen LogP contribution < -0.4 is 10.2 Å². The highest BCUT2D eigenvalue weighted by molar-refractivity contribution is 5.97. The normalized spacial score (nSPS) is 18.3. The van der Waals surface area contributed by atoms with Gasteiger partial charge in [-0.15, -0.1) is 0 Å². The lowest BCUT2D eigenvalue weighted by Crippen LogP contribution is -2.56. The zero-order valence-corrected chi connectivity index (χ0v) is 28.3. The number of unbranched alkanes of at least 4 members (excludes halogenated alkanes) is 2. The number of carboxylic acid groups (broad SMARTS) is 1. The summed E-state index contributed by atoms with van der Waals surface area (Å²) in [5, 5.41) is 12.2. The molecule has 13 heteroatoms. The smallest absolute Gasteiger partial charge is 0.409 e. The van der Waals surface area contributed by atoms with Crippen molar-refractivity contribution in [2.45, 2.75) is 64.3 Å². The number of carbonyl (C=O) groups is 5. The Hall–Kier alpha value is -4.68. The Kier molecular flexibility index (Phi) is 12.4. The lowest BCUT2D eigenvalue weighted by atomic mass is 10.1. The third-order valence-electron chi connectivity index (χ3n) is 9.51. The minimum Gasteiger partial charge on any atom is -0.481 e. The molecule has 5 rings (SSSR count). The first-order chi connectivity index (χ1) is 23.7. The van der Waals surface area contributed by atoms with E-state index in [-0.39, 0.29) is 56.5 Å². The van der Waals surface area contributed by atoms with E-state index in [4.69, 9.17) is 4.74 Å². The van der Waals surface area contributed by atoms with Crippen molar-refractivity contribution in [3.05, 3.63) is 48.2 Å². The van der Waals surface area contributed by atoms with Gasteiger partial charge in [0, 0.05) is 70.0 Å². The minimum atomic E-state index is -1.10. The van der Waals surface area contributed by atoms with Gasteiger partial charge in [-0.1, -0.05) is 50.1 Å². The van der Waals surface area contributed by atoms with Crippen LogP contribution in [-0.2, 0) is 19.1 Å². The fourth-order valence-corrected chi connectivity index (χ4v) is 6.65. The van der Waals surface area contributed by atoms with Crippen molar-refractivity contribution in [2.24, 2.45) is 5.92 Å². The molecular weight excluding hydrogens is 628 g/mol. The minimum absolute atomic E-state index is 0.0921. The molecule has 2 N–H and O–H groups in total. The fraction of sp³-hybridized carbons (Fsp3) is 0.556. The van der Waals surface area contributed by atoms with E-state index >= 15 is 0 Å². The number of aromatic nitrogens is 1. The molecule has 2 aromatic rings. The van der Waals surface area contributed by atoms with Crippen molar-refractivity contribution >= 4 is 35.5 Å². The number of nitrogens with one attached hydrogen (secondary N) is 1. The first-order valence-corrected chi connectivity index (χ1v) is 17.6. The molecule has 0 saturated carbocycles. The second kappa shape index (κ2) is 17.1. The lowest BCUT2D eigenvalue weighted by molar-refractivity contribution is -0.138. The summed E-state index contributed by atoms with van der Waals surface area (Å²) in [6, 6.07) is 12.0. The lowest BCUT2D eigenvalue weighted by Gasteiger charge is -2.36. The summed E-state index contributed by atoms with van der Waals surface area (Å²) in [5.41, 5.74) is 2.22. The zero-order valence-electron chi connectivity index (χ0n) is 28.3. The molecule has 0 radical (unpaired) electrons. The third kappa shape index (κ3) is 9.48. The Morgan fingerprint density at radius 2 is 1.63 bits per heavy atom. The Morgan fingerprint density at radius 1 is 0.918 bits per heavy atom. The van der Waals surface area contributed by atoms with Crippen LogP contribution >= 0.6 is 0 Å². The largest absolute Gasteiger partial charge is 0.481 e. The Morgan fingerprint density at radius 3 is 2.33 bits per heavy atom. The standard InChI is InChI=1S/C36H48N6O7/c1-2-3-9-22-49-36(48)41-20-18-40(19-21-41)35(47)29(12-13-32(43)44)38-33(45)31-24-28(23-30(37-31)26-10-5-4-6-11-26)42-17-14-27(25-42)34(46)39-15-7-8-16-39/h4-6,10-11,23-24,27,29H,2-3,7-9,12-22,25H2,1H3,(H,38,45)(H,43,44)/t27-,29+/m1/s1.